The predicted octanol–water partition coefficient (Wildman–Crippen LogP) is 3.93. The van der Waals surface area contributed by atoms with Crippen molar-refractivity contribution in [2.75, 3.05) is 51.3 Å². The van der Waals surface area contributed by atoms with E-state index in [0.29, 0.717) is 29.8 Å². The Labute approximate surface area is 238 Å². The first-order chi connectivity index (χ1) is 20.0. The molecule has 41 heavy (non-hydrogen) atoms. The molecule has 5 aromatic rings. The highest BCUT2D eigenvalue weighted by atomic mass is 16.5. The van der Waals surface area contributed by atoms with Crippen molar-refractivity contribution in [1.29, 1.82) is 0 Å². The molecule has 212 valence electrons. The van der Waals surface area contributed by atoms with Gasteiger partial charge in [0.1, 0.15) is 17.0 Å². The number of hydrogen-bond acceptors (Lipinski definition) is 6. The highest BCUT2D eigenvalue weighted by Crippen LogP contribution is 2.31. The minimum atomic E-state index is -0.340. The van der Waals surface area contributed by atoms with Crippen LogP contribution in [0.2, 0.25) is 0 Å². The molecular weight excluding hydrogens is 516 g/mol. The Morgan fingerprint density at radius 3 is 2.54 bits per heavy atom. The molecule has 1 atom stereocenters. The summed E-state index contributed by atoms with van der Waals surface area (Å²) in [5.41, 5.74) is 2.85. The minimum absolute atomic E-state index is 0.162. The second-order valence-electron chi connectivity index (χ2n) is 11.4. The highest BCUT2D eigenvalue weighted by Gasteiger charge is 2.28. The van der Waals surface area contributed by atoms with Crippen molar-refractivity contribution in [2.24, 2.45) is 7.05 Å². The van der Waals surface area contributed by atoms with Gasteiger partial charge in [-0.15, -0.1) is 0 Å². The quantitative estimate of drug-likeness (QED) is 0.329. The standard InChI is InChI=1S/C32H36N6O3/c1-35-25-18-21-8-3-4-9-22(21)19-26(25)38-30-24(11-12-27(34-30)37-16-7-10-23(37)20-41-2)29(39)28(32(35)38)31(40)33-13-17-36-14-5-6-15-36/h3-4,8-9,11-12,18-19,23H,5-7,10,13-17,20H2,1-2H3,(H,33,40)/t23-/m1/s1. The van der Waals surface area contributed by atoms with Crippen molar-refractivity contribution >= 4 is 50.2 Å². The Morgan fingerprint density at radius 2 is 1.78 bits per heavy atom. The molecule has 9 heteroatoms. The zero-order chi connectivity index (χ0) is 28.1. The van der Waals surface area contributed by atoms with Gasteiger partial charge in [0.05, 0.1) is 29.1 Å². The fraction of sp³-hybridized carbons (Fsp3) is 0.406. The predicted molar refractivity (Wildman–Crippen MR) is 163 cm³/mol. The first kappa shape index (κ1) is 26.0. The Morgan fingerprint density at radius 1 is 1.02 bits per heavy atom. The molecule has 3 aromatic heterocycles. The number of carbonyl (C=O) groups excluding carboxylic acids is 1. The lowest BCUT2D eigenvalue weighted by atomic mass is 10.1. The lowest BCUT2D eigenvalue weighted by Gasteiger charge is -2.25. The Balaban J connectivity index is 1.44. The average molecular weight is 553 g/mol. The second kappa shape index (κ2) is 10.5. The molecule has 7 rings (SSSR count). The molecule has 0 aliphatic carbocycles. The van der Waals surface area contributed by atoms with E-state index in [0.717, 1.165) is 66.6 Å². The number of imidazole rings is 1. The van der Waals surface area contributed by atoms with Gasteiger partial charge < -0.3 is 24.4 Å². The van der Waals surface area contributed by atoms with Gasteiger partial charge >= 0.3 is 0 Å². The number of carbonyl (C=O) groups is 1. The summed E-state index contributed by atoms with van der Waals surface area (Å²) in [6.45, 7) is 4.93. The molecule has 0 unspecified atom stereocenters. The molecule has 0 bridgehead atoms. The molecule has 2 aliphatic rings. The molecule has 0 spiro atoms. The SMILES string of the molecule is COC[C@H]1CCCN1c1ccc2c(=O)c(C(=O)NCCN3CCCC3)c3n(C)c4cc5ccccc5cc4n3c2n1. The molecule has 2 aliphatic heterocycles. The van der Waals surface area contributed by atoms with Crippen molar-refractivity contribution < 1.29 is 9.53 Å². The number of anilines is 1. The van der Waals surface area contributed by atoms with Crippen LogP contribution in [0, 0.1) is 0 Å². The van der Waals surface area contributed by atoms with E-state index in [1.165, 1.54) is 12.8 Å². The maximum Gasteiger partial charge on any atom is 0.259 e. The molecular formula is C32H36N6O3. The molecule has 1 amide bonds. The fourth-order valence-electron chi connectivity index (χ4n) is 6.85. The van der Waals surface area contributed by atoms with Crippen LogP contribution in [0.5, 0.6) is 0 Å². The van der Waals surface area contributed by atoms with Crippen LogP contribution in [0.1, 0.15) is 36.0 Å². The first-order valence-electron chi connectivity index (χ1n) is 14.7. The smallest absolute Gasteiger partial charge is 0.259 e. The van der Waals surface area contributed by atoms with E-state index in [2.05, 4.69) is 39.4 Å². The zero-order valence-electron chi connectivity index (χ0n) is 23.7. The van der Waals surface area contributed by atoms with Gasteiger partial charge in [0, 0.05) is 33.8 Å². The summed E-state index contributed by atoms with van der Waals surface area (Å²) in [6, 6.07) is 16.5. The monoisotopic (exact) mass is 552 g/mol. The van der Waals surface area contributed by atoms with Gasteiger partial charge in [-0.25, -0.2) is 4.98 Å². The Hall–Kier alpha value is -3.95. The molecule has 5 heterocycles. The van der Waals surface area contributed by atoms with Crippen LogP contribution in [-0.2, 0) is 11.8 Å². The van der Waals surface area contributed by atoms with Crippen LogP contribution < -0.4 is 15.6 Å². The van der Waals surface area contributed by atoms with Crippen molar-refractivity contribution in [3.8, 4) is 0 Å². The average Bonchev–Trinajstić information content (AvgIpc) is 3.73. The van der Waals surface area contributed by atoms with Crippen LogP contribution in [0.4, 0.5) is 5.82 Å². The molecule has 2 aromatic carbocycles. The number of aryl methyl sites for hydroxylation is 1. The van der Waals surface area contributed by atoms with E-state index in [1.54, 1.807) is 7.11 Å². The molecule has 0 radical (unpaired) electrons. The van der Waals surface area contributed by atoms with Crippen LogP contribution in [0.3, 0.4) is 0 Å². The van der Waals surface area contributed by atoms with Crippen molar-refractivity contribution in [3.05, 3.63) is 64.3 Å². The number of pyridine rings is 2. The Kier molecular flexibility index (Phi) is 6.63. The van der Waals surface area contributed by atoms with Gasteiger partial charge in [-0.05, 0) is 73.8 Å². The van der Waals surface area contributed by atoms with Gasteiger partial charge in [-0.2, -0.15) is 0 Å². The van der Waals surface area contributed by atoms with Gasteiger partial charge in [0.15, 0.2) is 5.65 Å². The maximum atomic E-state index is 14.1. The summed E-state index contributed by atoms with van der Waals surface area (Å²) < 4.78 is 9.47. The third kappa shape index (κ3) is 4.35. The molecule has 1 N–H and O–H groups in total. The van der Waals surface area contributed by atoms with Crippen LogP contribution in [0.25, 0.3) is 38.5 Å². The number of aromatic nitrogens is 3. The van der Waals surface area contributed by atoms with Gasteiger partial charge in [0.25, 0.3) is 5.91 Å². The summed E-state index contributed by atoms with van der Waals surface area (Å²) in [7, 11) is 3.66. The molecule has 2 fully saturated rings. The van der Waals surface area contributed by atoms with Crippen molar-refractivity contribution in [1.82, 2.24) is 24.2 Å². The van der Waals surface area contributed by atoms with E-state index >= 15 is 0 Å². The molecule has 0 saturated carbocycles. The zero-order valence-corrected chi connectivity index (χ0v) is 23.7. The number of ether oxygens (including phenoxy) is 1. The van der Waals surface area contributed by atoms with Gasteiger partial charge in [-0.1, -0.05) is 24.3 Å². The van der Waals surface area contributed by atoms with Crippen LogP contribution in [0.15, 0.2) is 53.3 Å². The second-order valence-corrected chi connectivity index (χ2v) is 11.4. The number of benzene rings is 2. The van der Waals surface area contributed by atoms with Crippen molar-refractivity contribution in [2.45, 2.75) is 31.7 Å². The summed E-state index contributed by atoms with van der Waals surface area (Å²) in [6.07, 6.45) is 4.51. The van der Waals surface area contributed by atoms with Gasteiger partial charge in [-0.3, -0.25) is 14.0 Å². The lowest BCUT2D eigenvalue weighted by Crippen LogP contribution is -2.36. The normalized spacial score (nSPS) is 18.0. The number of nitrogens with zero attached hydrogens (tertiary/aromatic N) is 5. The molecule has 9 nitrogen and oxygen atoms in total. The number of amides is 1. The van der Waals surface area contributed by atoms with E-state index in [4.69, 9.17) is 9.72 Å². The minimum Gasteiger partial charge on any atom is -0.383 e. The fourth-order valence-corrected chi connectivity index (χ4v) is 6.85. The topological polar surface area (TPSA) is 84.1 Å². The number of nitrogens with one attached hydrogen (secondary N) is 1. The van der Waals surface area contributed by atoms with E-state index in [9.17, 15) is 9.59 Å². The summed E-state index contributed by atoms with van der Waals surface area (Å²) in [5, 5.41) is 5.69. The third-order valence-electron chi connectivity index (χ3n) is 8.91. The highest BCUT2D eigenvalue weighted by molar-refractivity contribution is 6.07. The number of hydrogen-bond donors (Lipinski definition) is 1. The van der Waals surface area contributed by atoms with E-state index < -0.39 is 0 Å². The van der Waals surface area contributed by atoms with Crippen molar-refractivity contribution in [3.63, 3.8) is 0 Å². The summed E-state index contributed by atoms with van der Waals surface area (Å²) in [5.74, 6) is 0.485. The molecule has 2 saturated heterocycles. The number of rotatable bonds is 7. The number of likely N-dealkylation sites (tertiary alicyclic amines) is 1. The largest absolute Gasteiger partial charge is 0.383 e. The van der Waals surface area contributed by atoms with Gasteiger partial charge in [0.2, 0.25) is 5.43 Å². The Bertz CT molecular complexity index is 1850. The maximum absolute atomic E-state index is 14.1. The number of methoxy groups -OCH3 is 1. The third-order valence-corrected chi connectivity index (χ3v) is 8.91. The van der Waals surface area contributed by atoms with E-state index in [1.807, 2.05) is 40.3 Å². The van der Waals surface area contributed by atoms with Crippen LogP contribution in [-0.4, -0.2) is 77.2 Å². The van der Waals surface area contributed by atoms with E-state index in [-0.39, 0.29) is 22.9 Å². The number of fused-ring (bicyclic) bond motifs is 6. The summed E-state index contributed by atoms with van der Waals surface area (Å²) in [4.78, 5) is 37.6. The first-order valence-corrected chi connectivity index (χ1v) is 14.7. The summed E-state index contributed by atoms with van der Waals surface area (Å²) >= 11 is 0. The van der Waals surface area contributed by atoms with Crippen LogP contribution >= 0.6 is 0 Å². The lowest BCUT2D eigenvalue weighted by molar-refractivity contribution is 0.0950.